The molecule has 0 amide bonds. The number of hydrogen-bond acceptors (Lipinski definition) is 1. The van der Waals surface area contributed by atoms with Gasteiger partial charge in [0.15, 0.2) is 0 Å². The fourth-order valence-electron chi connectivity index (χ4n) is 2.18. The zero-order valence-electron chi connectivity index (χ0n) is 8.63. The Kier molecular flexibility index (Phi) is 2.98. The molecule has 0 saturated heterocycles. The van der Waals surface area contributed by atoms with Crippen LogP contribution in [-0.4, -0.2) is 5.11 Å². The van der Waals surface area contributed by atoms with Crippen molar-refractivity contribution >= 4 is 23.2 Å². The Labute approximate surface area is 100 Å². The molecule has 3 heteroatoms. The van der Waals surface area contributed by atoms with Gasteiger partial charge in [0, 0.05) is 15.6 Å². The lowest BCUT2D eigenvalue weighted by molar-refractivity contribution is 0.129. The SMILES string of the molecule is CCCC1CC1(O)c1ccc(Cl)cc1Cl. The van der Waals surface area contributed by atoms with Crippen molar-refractivity contribution in [1.82, 2.24) is 0 Å². The van der Waals surface area contributed by atoms with Crippen LogP contribution < -0.4 is 0 Å². The molecule has 1 aromatic carbocycles. The van der Waals surface area contributed by atoms with Crippen LogP contribution in [0.25, 0.3) is 0 Å². The highest BCUT2D eigenvalue weighted by Gasteiger charge is 2.54. The molecule has 0 aliphatic heterocycles. The summed E-state index contributed by atoms with van der Waals surface area (Å²) in [6.45, 7) is 2.13. The monoisotopic (exact) mass is 244 g/mol. The van der Waals surface area contributed by atoms with Crippen molar-refractivity contribution in [2.75, 3.05) is 0 Å². The third-order valence-electron chi connectivity index (χ3n) is 3.11. The average molecular weight is 245 g/mol. The van der Waals surface area contributed by atoms with Crippen LogP contribution in [-0.2, 0) is 5.60 Å². The first kappa shape index (κ1) is 11.3. The molecule has 82 valence electrons. The predicted octanol–water partition coefficient (Wildman–Crippen LogP) is 4.00. The smallest absolute Gasteiger partial charge is 0.0943 e. The van der Waals surface area contributed by atoms with E-state index in [0.29, 0.717) is 16.0 Å². The molecule has 2 unspecified atom stereocenters. The molecule has 0 bridgehead atoms. The summed E-state index contributed by atoms with van der Waals surface area (Å²) >= 11 is 11.9. The van der Waals surface area contributed by atoms with Crippen molar-refractivity contribution in [2.45, 2.75) is 31.8 Å². The Morgan fingerprint density at radius 3 is 2.80 bits per heavy atom. The molecule has 2 rings (SSSR count). The second kappa shape index (κ2) is 3.97. The largest absolute Gasteiger partial charge is 0.385 e. The van der Waals surface area contributed by atoms with Crippen molar-refractivity contribution in [1.29, 1.82) is 0 Å². The Morgan fingerprint density at radius 1 is 1.47 bits per heavy atom. The highest BCUT2D eigenvalue weighted by atomic mass is 35.5. The Bertz CT molecular complexity index is 378. The topological polar surface area (TPSA) is 20.2 Å². The lowest BCUT2D eigenvalue weighted by atomic mass is 10.0. The van der Waals surface area contributed by atoms with Crippen molar-refractivity contribution < 1.29 is 5.11 Å². The normalized spacial score (nSPS) is 29.2. The summed E-state index contributed by atoms with van der Waals surface area (Å²) < 4.78 is 0. The molecule has 1 aliphatic rings. The Hall–Kier alpha value is -0.240. The Balaban J connectivity index is 2.24. The minimum absolute atomic E-state index is 0.362. The predicted molar refractivity (Wildman–Crippen MR) is 63.4 cm³/mol. The Morgan fingerprint density at radius 2 is 2.20 bits per heavy atom. The van der Waals surface area contributed by atoms with Gasteiger partial charge in [0.2, 0.25) is 0 Å². The number of rotatable bonds is 3. The summed E-state index contributed by atoms with van der Waals surface area (Å²) in [5, 5.41) is 11.5. The maximum absolute atomic E-state index is 10.3. The molecule has 0 spiro atoms. The zero-order valence-corrected chi connectivity index (χ0v) is 10.1. The number of aliphatic hydroxyl groups is 1. The van der Waals surface area contributed by atoms with E-state index in [1.54, 1.807) is 12.1 Å². The van der Waals surface area contributed by atoms with Crippen molar-refractivity contribution in [3.05, 3.63) is 33.8 Å². The van der Waals surface area contributed by atoms with Gasteiger partial charge in [-0.3, -0.25) is 0 Å². The summed E-state index contributed by atoms with van der Waals surface area (Å²) in [4.78, 5) is 0. The van der Waals surface area contributed by atoms with Gasteiger partial charge in [-0.15, -0.1) is 0 Å². The van der Waals surface area contributed by atoms with Gasteiger partial charge in [0.25, 0.3) is 0 Å². The van der Waals surface area contributed by atoms with Crippen LogP contribution in [0.3, 0.4) is 0 Å². The van der Waals surface area contributed by atoms with Crippen molar-refractivity contribution in [3.8, 4) is 0 Å². The second-order valence-electron chi connectivity index (χ2n) is 4.24. The van der Waals surface area contributed by atoms with Crippen molar-refractivity contribution in [3.63, 3.8) is 0 Å². The molecule has 1 aromatic rings. The lowest BCUT2D eigenvalue weighted by Crippen LogP contribution is -2.09. The van der Waals surface area contributed by atoms with Crippen molar-refractivity contribution in [2.24, 2.45) is 5.92 Å². The lowest BCUT2D eigenvalue weighted by Gasteiger charge is -2.12. The number of hydrogen-bond donors (Lipinski definition) is 1. The molecule has 1 aliphatic carbocycles. The first-order valence-corrected chi connectivity index (χ1v) is 6.01. The minimum Gasteiger partial charge on any atom is -0.385 e. The fraction of sp³-hybridized carbons (Fsp3) is 0.500. The molecule has 2 atom stereocenters. The van der Waals surface area contributed by atoms with Crippen LogP contribution in [0.1, 0.15) is 31.7 Å². The quantitative estimate of drug-likeness (QED) is 0.853. The first-order valence-electron chi connectivity index (χ1n) is 5.26. The molecular formula is C12H14Cl2O. The maximum atomic E-state index is 10.3. The molecule has 0 aromatic heterocycles. The summed E-state index contributed by atoms with van der Waals surface area (Å²) in [5.74, 6) is 0.362. The number of halogens is 2. The van der Waals surface area contributed by atoms with Gasteiger partial charge in [-0.25, -0.2) is 0 Å². The van der Waals surface area contributed by atoms with E-state index in [1.165, 1.54) is 0 Å². The van der Waals surface area contributed by atoms with Gasteiger partial charge in [0.05, 0.1) is 5.60 Å². The third kappa shape index (κ3) is 2.01. The van der Waals surface area contributed by atoms with E-state index < -0.39 is 5.60 Å². The van der Waals surface area contributed by atoms with Crippen LogP contribution in [0, 0.1) is 5.92 Å². The molecule has 0 heterocycles. The van der Waals surface area contributed by atoms with E-state index in [4.69, 9.17) is 23.2 Å². The molecule has 0 radical (unpaired) electrons. The van der Waals surface area contributed by atoms with E-state index in [1.807, 2.05) is 6.07 Å². The zero-order chi connectivity index (χ0) is 11.1. The van der Waals surface area contributed by atoms with E-state index in [-0.39, 0.29) is 0 Å². The van der Waals surface area contributed by atoms with E-state index in [0.717, 1.165) is 24.8 Å². The highest BCUT2D eigenvalue weighted by Crippen LogP contribution is 2.55. The average Bonchev–Trinajstić information content (AvgIpc) is 2.78. The molecule has 1 N–H and O–H groups in total. The molecule has 1 fully saturated rings. The van der Waals surface area contributed by atoms with Gasteiger partial charge in [-0.2, -0.15) is 0 Å². The first-order chi connectivity index (χ1) is 7.08. The van der Waals surface area contributed by atoms with E-state index in [2.05, 4.69) is 6.92 Å². The van der Waals surface area contributed by atoms with Gasteiger partial charge >= 0.3 is 0 Å². The van der Waals surface area contributed by atoms with E-state index >= 15 is 0 Å². The molecule has 1 nitrogen and oxygen atoms in total. The fourth-order valence-corrected chi connectivity index (χ4v) is 2.75. The van der Waals surface area contributed by atoms with Gasteiger partial charge in [0.1, 0.15) is 0 Å². The summed E-state index contributed by atoms with van der Waals surface area (Å²) in [6, 6.07) is 5.31. The van der Waals surface area contributed by atoms with Crippen LogP contribution >= 0.6 is 23.2 Å². The van der Waals surface area contributed by atoms with Crippen LogP contribution in [0.5, 0.6) is 0 Å². The van der Waals surface area contributed by atoms with Gasteiger partial charge in [-0.05, 0) is 30.9 Å². The summed E-state index contributed by atoms with van der Waals surface area (Å²) in [7, 11) is 0. The third-order valence-corrected chi connectivity index (χ3v) is 3.66. The number of benzene rings is 1. The summed E-state index contributed by atoms with van der Waals surface area (Å²) in [5.41, 5.74) is 0.129. The summed E-state index contributed by atoms with van der Waals surface area (Å²) in [6.07, 6.45) is 2.97. The highest BCUT2D eigenvalue weighted by molar-refractivity contribution is 6.35. The molecular weight excluding hydrogens is 231 g/mol. The second-order valence-corrected chi connectivity index (χ2v) is 5.08. The molecule has 1 saturated carbocycles. The van der Waals surface area contributed by atoms with Crippen LogP contribution in [0.4, 0.5) is 0 Å². The minimum atomic E-state index is -0.697. The van der Waals surface area contributed by atoms with Gasteiger partial charge in [-0.1, -0.05) is 42.6 Å². The van der Waals surface area contributed by atoms with Crippen LogP contribution in [0.2, 0.25) is 10.0 Å². The maximum Gasteiger partial charge on any atom is 0.0943 e. The van der Waals surface area contributed by atoms with Gasteiger partial charge < -0.3 is 5.11 Å². The van der Waals surface area contributed by atoms with E-state index in [9.17, 15) is 5.11 Å². The standard InChI is InChI=1S/C12H14Cl2O/c1-2-3-8-7-12(8,15)10-5-4-9(13)6-11(10)14/h4-6,8,15H,2-3,7H2,1H3. The molecule has 15 heavy (non-hydrogen) atoms. The van der Waals surface area contributed by atoms with Crippen LogP contribution in [0.15, 0.2) is 18.2 Å².